The first-order chi connectivity index (χ1) is 6.68. The molecule has 0 fully saturated rings. The van der Waals surface area contributed by atoms with E-state index >= 15 is 0 Å². The van der Waals surface area contributed by atoms with Gasteiger partial charge in [0.2, 0.25) is 0 Å². The Bertz CT molecular complexity index is 493. The van der Waals surface area contributed by atoms with Crippen LogP contribution in [0, 0.1) is 13.8 Å². The molecule has 0 saturated carbocycles. The van der Waals surface area contributed by atoms with E-state index in [0.29, 0.717) is 5.56 Å². The van der Waals surface area contributed by atoms with Crippen molar-refractivity contribution in [2.24, 2.45) is 0 Å². The molecule has 1 aromatic carbocycles. The third-order valence-electron chi connectivity index (χ3n) is 1.98. The first kappa shape index (κ1) is 13.1. The van der Waals surface area contributed by atoms with Crippen molar-refractivity contribution in [2.75, 3.05) is 0 Å². The van der Waals surface area contributed by atoms with Crippen molar-refractivity contribution < 1.29 is 13.0 Å². The Balaban J connectivity index is 3.84. The molecule has 0 spiro atoms. The van der Waals surface area contributed by atoms with Crippen LogP contribution < -0.4 is 0 Å². The first-order valence-electron chi connectivity index (χ1n) is 3.79. The highest BCUT2D eigenvalue weighted by atomic mass is 35.5. The molecule has 0 unspecified atom stereocenters. The quantitative estimate of drug-likeness (QED) is 0.636. The van der Waals surface area contributed by atoms with Gasteiger partial charge in [-0.3, -0.25) is 4.55 Å². The SMILES string of the molecule is Cc1c(Cl)c(C)c(S(=O)(=O)O)c(Cl)c1Cl. The van der Waals surface area contributed by atoms with E-state index in [0.717, 1.165) is 0 Å². The summed E-state index contributed by atoms with van der Waals surface area (Å²) in [5.41, 5.74) is 0.666. The van der Waals surface area contributed by atoms with E-state index in [1.54, 1.807) is 6.92 Å². The Hall–Kier alpha value is -0.000000000000000111. The number of hydrogen-bond donors (Lipinski definition) is 1. The molecule has 0 aromatic heterocycles. The summed E-state index contributed by atoms with van der Waals surface area (Å²) in [4.78, 5) is -0.440. The summed E-state index contributed by atoms with van der Waals surface area (Å²) >= 11 is 17.4. The number of halogens is 3. The second-order valence-corrected chi connectivity index (χ2v) is 5.49. The van der Waals surface area contributed by atoms with Gasteiger partial charge in [0.05, 0.1) is 10.0 Å². The van der Waals surface area contributed by atoms with Crippen molar-refractivity contribution in [3.8, 4) is 0 Å². The molecule has 1 aromatic rings. The molecule has 0 saturated heterocycles. The molecule has 1 rings (SSSR count). The van der Waals surface area contributed by atoms with Gasteiger partial charge in [0.25, 0.3) is 10.1 Å². The van der Waals surface area contributed by atoms with Crippen LogP contribution in [-0.4, -0.2) is 13.0 Å². The summed E-state index contributed by atoms with van der Waals surface area (Å²) in [6.45, 7) is 3.05. The van der Waals surface area contributed by atoms with E-state index in [4.69, 9.17) is 39.4 Å². The van der Waals surface area contributed by atoms with E-state index < -0.39 is 15.0 Å². The summed E-state index contributed by atoms with van der Waals surface area (Å²) in [6.07, 6.45) is 0. The fraction of sp³-hybridized carbons (Fsp3) is 0.250. The second kappa shape index (κ2) is 4.11. The molecule has 0 radical (unpaired) electrons. The van der Waals surface area contributed by atoms with Gasteiger partial charge in [-0.2, -0.15) is 8.42 Å². The van der Waals surface area contributed by atoms with E-state index in [1.165, 1.54) is 6.92 Å². The average Bonchev–Trinajstić information content (AvgIpc) is 2.09. The lowest BCUT2D eigenvalue weighted by molar-refractivity contribution is 0.482. The van der Waals surface area contributed by atoms with Crippen LogP contribution in [0.15, 0.2) is 4.90 Å². The summed E-state index contributed by atoms with van der Waals surface area (Å²) in [5.74, 6) is 0. The predicted octanol–water partition coefficient (Wildman–Crippen LogP) is 3.51. The maximum Gasteiger partial charge on any atom is 0.296 e. The highest BCUT2D eigenvalue weighted by Crippen LogP contribution is 2.39. The molecule has 3 nitrogen and oxygen atoms in total. The van der Waals surface area contributed by atoms with Crippen LogP contribution in [0.2, 0.25) is 15.1 Å². The Morgan fingerprint density at radius 1 is 0.933 bits per heavy atom. The summed E-state index contributed by atoms with van der Waals surface area (Å²) in [5, 5.41) is -0.00418. The minimum Gasteiger partial charge on any atom is -0.282 e. The first-order valence-corrected chi connectivity index (χ1v) is 6.36. The maximum atomic E-state index is 11.0. The van der Waals surface area contributed by atoms with Crippen LogP contribution in [0.1, 0.15) is 11.1 Å². The number of hydrogen-bond acceptors (Lipinski definition) is 2. The fourth-order valence-corrected chi connectivity index (χ4v) is 3.14. The van der Waals surface area contributed by atoms with E-state index in [9.17, 15) is 8.42 Å². The zero-order valence-corrected chi connectivity index (χ0v) is 10.9. The van der Waals surface area contributed by atoms with Gasteiger partial charge in [-0.25, -0.2) is 0 Å². The van der Waals surface area contributed by atoms with Gasteiger partial charge in [-0.15, -0.1) is 0 Å². The summed E-state index contributed by atoms with van der Waals surface area (Å²) < 4.78 is 31.0. The standard InChI is InChI=1S/C8H7Cl3O3S/c1-3-5(9)4(2)8(15(12,13)14)7(11)6(3)10/h1-2H3,(H,12,13,14). The molecule has 0 atom stereocenters. The minimum absolute atomic E-state index is 0.0277. The Morgan fingerprint density at radius 2 is 1.40 bits per heavy atom. The van der Waals surface area contributed by atoms with E-state index in [1.807, 2.05) is 0 Å². The van der Waals surface area contributed by atoms with Crippen molar-refractivity contribution in [2.45, 2.75) is 18.7 Å². The molecule has 15 heavy (non-hydrogen) atoms. The van der Waals surface area contributed by atoms with Crippen LogP contribution in [0.25, 0.3) is 0 Å². The van der Waals surface area contributed by atoms with Gasteiger partial charge in [-0.1, -0.05) is 34.8 Å². The normalized spacial score (nSPS) is 11.9. The largest absolute Gasteiger partial charge is 0.296 e. The van der Waals surface area contributed by atoms with Gasteiger partial charge in [0.1, 0.15) is 4.90 Å². The fourth-order valence-electron chi connectivity index (χ4n) is 1.21. The van der Waals surface area contributed by atoms with Gasteiger partial charge in [0, 0.05) is 5.02 Å². The second-order valence-electron chi connectivity index (χ2n) is 3.00. The lowest BCUT2D eigenvalue weighted by Gasteiger charge is -2.12. The van der Waals surface area contributed by atoms with Gasteiger partial charge in [0.15, 0.2) is 0 Å². The van der Waals surface area contributed by atoms with Crippen molar-refractivity contribution in [3.63, 3.8) is 0 Å². The van der Waals surface area contributed by atoms with Gasteiger partial charge < -0.3 is 0 Å². The summed E-state index contributed by atoms with van der Waals surface area (Å²) in [7, 11) is -4.43. The van der Waals surface area contributed by atoms with Gasteiger partial charge in [-0.05, 0) is 25.0 Å². The molecular formula is C8H7Cl3O3S. The van der Waals surface area contributed by atoms with Crippen LogP contribution in [0.4, 0.5) is 0 Å². The van der Waals surface area contributed by atoms with Crippen molar-refractivity contribution in [3.05, 3.63) is 26.2 Å². The number of rotatable bonds is 1. The monoisotopic (exact) mass is 288 g/mol. The van der Waals surface area contributed by atoms with Crippen molar-refractivity contribution >= 4 is 44.9 Å². The zero-order valence-electron chi connectivity index (χ0n) is 7.81. The molecule has 7 heteroatoms. The molecule has 0 aliphatic rings. The van der Waals surface area contributed by atoms with Crippen LogP contribution in [0.3, 0.4) is 0 Å². The molecular weight excluding hydrogens is 283 g/mol. The average molecular weight is 290 g/mol. The highest BCUT2D eigenvalue weighted by molar-refractivity contribution is 7.86. The molecule has 0 aliphatic heterocycles. The van der Waals surface area contributed by atoms with Crippen LogP contribution in [-0.2, 0) is 10.1 Å². The highest BCUT2D eigenvalue weighted by Gasteiger charge is 2.24. The van der Waals surface area contributed by atoms with Crippen molar-refractivity contribution in [1.29, 1.82) is 0 Å². The van der Waals surface area contributed by atoms with E-state index in [-0.39, 0.29) is 20.6 Å². The Kier molecular flexibility index (Phi) is 3.58. The topological polar surface area (TPSA) is 54.4 Å². The third kappa shape index (κ3) is 2.24. The smallest absolute Gasteiger partial charge is 0.282 e. The summed E-state index contributed by atoms with van der Waals surface area (Å²) in [6, 6.07) is 0. The van der Waals surface area contributed by atoms with E-state index in [2.05, 4.69) is 0 Å². The van der Waals surface area contributed by atoms with Gasteiger partial charge >= 0.3 is 0 Å². The molecule has 0 bridgehead atoms. The lowest BCUT2D eigenvalue weighted by atomic mass is 10.1. The molecule has 0 aliphatic carbocycles. The maximum absolute atomic E-state index is 11.0. The minimum atomic E-state index is -4.43. The molecule has 0 amide bonds. The van der Waals surface area contributed by atoms with Crippen LogP contribution in [0.5, 0.6) is 0 Å². The lowest BCUT2D eigenvalue weighted by Crippen LogP contribution is -2.04. The zero-order chi connectivity index (χ0) is 12.0. The third-order valence-corrected chi connectivity index (χ3v) is 4.63. The number of benzene rings is 1. The molecule has 84 valence electrons. The molecule has 1 N–H and O–H groups in total. The predicted molar refractivity (Wildman–Crippen MR) is 60.8 cm³/mol. The Morgan fingerprint density at radius 3 is 1.80 bits per heavy atom. The Labute approximate surface area is 103 Å². The molecule has 0 heterocycles. The van der Waals surface area contributed by atoms with Crippen LogP contribution >= 0.6 is 34.8 Å². The van der Waals surface area contributed by atoms with Crippen molar-refractivity contribution in [1.82, 2.24) is 0 Å².